The molecule has 1 aliphatic heterocycles. The minimum Gasteiger partial charge on any atom is -0.459 e. The fourth-order valence-electron chi connectivity index (χ4n) is 3.70. The van der Waals surface area contributed by atoms with Gasteiger partial charge in [-0.25, -0.2) is 14.4 Å². The molecule has 0 N–H and O–H groups in total. The van der Waals surface area contributed by atoms with E-state index in [1.165, 1.54) is 0 Å². The molecule has 4 rings (SSSR count). The Bertz CT molecular complexity index is 1230. The van der Waals surface area contributed by atoms with Crippen LogP contribution in [0.5, 0.6) is 0 Å². The third-order valence-corrected chi connectivity index (χ3v) is 5.44. The Balaban J connectivity index is 1.58. The molecule has 0 aliphatic carbocycles. The molecule has 37 heavy (non-hydrogen) atoms. The van der Waals surface area contributed by atoms with Gasteiger partial charge in [0.15, 0.2) is 6.10 Å². The summed E-state index contributed by atoms with van der Waals surface area (Å²) < 4.78 is 27.7. The van der Waals surface area contributed by atoms with Gasteiger partial charge in [-0.2, -0.15) is 0 Å². The number of hydrogen-bond donors (Lipinski definition) is 0. The van der Waals surface area contributed by atoms with Gasteiger partial charge in [0.25, 0.3) is 0 Å². The molecule has 1 saturated heterocycles. The summed E-state index contributed by atoms with van der Waals surface area (Å²) in [6, 6.07) is 24.6. The first-order valence-corrected chi connectivity index (χ1v) is 11.5. The molecular formula is C28H24O9. The Labute approximate surface area is 212 Å². The monoisotopic (exact) mass is 504 g/mol. The van der Waals surface area contributed by atoms with Crippen LogP contribution in [0.1, 0.15) is 38.0 Å². The van der Waals surface area contributed by atoms with Crippen molar-refractivity contribution in [1.29, 1.82) is 0 Å². The SMILES string of the molecule is CC(=O)O[C@H]1O[C@H](COC(=O)c2ccccc2)C(OC(=O)c2ccccc2)[C@H]1OC(=O)c1ccccc1. The predicted octanol–water partition coefficient (Wildman–Crippen LogP) is 3.58. The number of benzene rings is 3. The number of carbonyl (C=O) groups excluding carboxylic acids is 4. The molecule has 0 radical (unpaired) electrons. The van der Waals surface area contributed by atoms with E-state index in [1.54, 1.807) is 91.0 Å². The molecule has 3 aromatic rings. The summed E-state index contributed by atoms with van der Waals surface area (Å²) in [4.78, 5) is 50.0. The molecule has 9 heteroatoms. The van der Waals surface area contributed by atoms with Crippen molar-refractivity contribution >= 4 is 23.9 Å². The molecule has 0 aromatic heterocycles. The van der Waals surface area contributed by atoms with E-state index < -0.39 is 48.5 Å². The van der Waals surface area contributed by atoms with Gasteiger partial charge in [0.05, 0.1) is 16.7 Å². The molecule has 1 fully saturated rings. The molecule has 4 atom stereocenters. The van der Waals surface area contributed by atoms with Gasteiger partial charge in [-0.1, -0.05) is 54.6 Å². The fraction of sp³-hybridized carbons (Fsp3) is 0.214. The van der Waals surface area contributed by atoms with Crippen LogP contribution in [0.4, 0.5) is 0 Å². The molecule has 190 valence electrons. The largest absolute Gasteiger partial charge is 0.459 e. The van der Waals surface area contributed by atoms with Crippen LogP contribution >= 0.6 is 0 Å². The number of carbonyl (C=O) groups is 4. The zero-order chi connectivity index (χ0) is 26.2. The molecule has 0 amide bonds. The molecule has 0 spiro atoms. The van der Waals surface area contributed by atoms with E-state index in [1.807, 2.05) is 0 Å². The van der Waals surface area contributed by atoms with Crippen LogP contribution in [0.2, 0.25) is 0 Å². The summed E-state index contributed by atoms with van der Waals surface area (Å²) in [6.07, 6.45) is -5.09. The first-order valence-electron chi connectivity index (χ1n) is 11.5. The van der Waals surface area contributed by atoms with Crippen molar-refractivity contribution in [1.82, 2.24) is 0 Å². The molecule has 1 aliphatic rings. The van der Waals surface area contributed by atoms with E-state index in [-0.39, 0.29) is 17.7 Å². The molecule has 9 nitrogen and oxygen atoms in total. The fourth-order valence-corrected chi connectivity index (χ4v) is 3.70. The highest BCUT2D eigenvalue weighted by molar-refractivity contribution is 5.91. The Kier molecular flexibility index (Phi) is 8.27. The summed E-state index contributed by atoms with van der Waals surface area (Å²) in [5.41, 5.74) is 0.782. The first-order chi connectivity index (χ1) is 17.9. The number of ether oxygens (including phenoxy) is 5. The quantitative estimate of drug-likeness (QED) is 0.335. The van der Waals surface area contributed by atoms with Crippen molar-refractivity contribution in [3.63, 3.8) is 0 Å². The molecule has 0 saturated carbocycles. The summed E-state index contributed by atoms with van der Waals surface area (Å²) in [7, 11) is 0. The van der Waals surface area contributed by atoms with Crippen molar-refractivity contribution in [2.45, 2.75) is 31.5 Å². The standard InChI is InChI=1S/C28H24O9/c1-18(29)34-28-24(37-27(32)21-15-9-4-10-16-21)23(36-26(31)20-13-7-3-8-14-20)22(35-28)17-33-25(30)19-11-5-2-6-12-19/h2-16,22-24,28H,17H2,1H3/t22-,23?,24-,28+/m1/s1. The van der Waals surface area contributed by atoms with E-state index in [9.17, 15) is 19.2 Å². The van der Waals surface area contributed by atoms with Gasteiger partial charge in [0.1, 0.15) is 12.7 Å². The van der Waals surface area contributed by atoms with Crippen LogP contribution in [0, 0.1) is 0 Å². The zero-order valence-corrected chi connectivity index (χ0v) is 19.9. The van der Waals surface area contributed by atoms with Gasteiger partial charge in [-0.15, -0.1) is 0 Å². The number of esters is 4. The van der Waals surface area contributed by atoms with E-state index in [0.29, 0.717) is 5.56 Å². The molecule has 1 unspecified atom stereocenters. The summed E-state index contributed by atoms with van der Waals surface area (Å²) >= 11 is 0. The molecule has 3 aromatic carbocycles. The Morgan fingerprint density at radius 1 is 0.622 bits per heavy atom. The molecule has 0 bridgehead atoms. The highest BCUT2D eigenvalue weighted by atomic mass is 16.8. The maximum absolute atomic E-state index is 12.9. The lowest BCUT2D eigenvalue weighted by molar-refractivity contribution is -0.187. The summed E-state index contributed by atoms with van der Waals surface area (Å²) in [5, 5.41) is 0. The van der Waals surface area contributed by atoms with Gasteiger partial charge >= 0.3 is 23.9 Å². The lowest BCUT2D eigenvalue weighted by Crippen LogP contribution is -2.42. The van der Waals surface area contributed by atoms with Crippen molar-refractivity contribution in [2.75, 3.05) is 6.61 Å². The van der Waals surface area contributed by atoms with Gasteiger partial charge in [-0.3, -0.25) is 4.79 Å². The normalized spacial score (nSPS) is 20.5. The van der Waals surface area contributed by atoms with E-state index in [0.717, 1.165) is 6.92 Å². The maximum Gasteiger partial charge on any atom is 0.338 e. The lowest BCUT2D eigenvalue weighted by atomic mass is 10.1. The smallest absolute Gasteiger partial charge is 0.338 e. The van der Waals surface area contributed by atoms with E-state index in [4.69, 9.17) is 23.7 Å². The van der Waals surface area contributed by atoms with Gasteiger partial charge in [0.2, 0.25) is 12.4 Å². The van der Waals surface area contributed by atoms with Crippen molar-refractivity contribution in [3.8, 4) is 0 Å². The Morgan fingerprint density at radius 3 is 1.51 bits per heavy atom. The molecular weight excluding hydrogens is 480 g/mol. The maximum atomic E-state index is 12.9. The second-order valence-electron chi connectivity index (χ2n) is 8.09. The van der Waals surface area contributed by atoms with E-state index >= 15 is 0 Å². The topological polar surface area (TPSA) is 114 Å². The van der Waals surface area contributed by atoms with Crippen molar-refractivity contribution in [2.24, 2.45) is 0 Å². The highest BCUT2D eigenvalue weighted by Gasteiger charge is 2.52. The van der Waals surface area contributed by atoms with Gasteiger partial charge in [0, 0.05) is 6.92 Å². The van der Waals surface area contributed by atoms with Gasteiger partial charge in [-0.05, 0) is 36.4 Å². The van der Waals surface area contributed by atoms with Gasteiger partial charge < -0.3 is 23.7 Å². The predicted molar refractivity (Wildman–Crippen MR) is 128 cm³/mol. The number of rotatable bonds is 8. The van der Waals surface area contributed by atoms with Crippen LogP contribution in [-0.2, 0) is 28.5 Å². The van der Waals surface area contributed by atoms with Crippen molar-refractivity contribution < 1.29 is 42.9 Å². The average Bonchev–Trinajstić information content (AvgIpc) is 3.23. The Morgan fingerprint density at radius 2 is 1.05 bits per heavy atom. The zero-order valence-electron chi connectivity index (χ0n) is 19.9. The van der Waals surface area contributed by atoms with Crippen LogP contribution < -0.4 is 0 Å². The highest BCUT2D eigenvalue weighted by Crippen LogP contribution is 2.30. The summed E-state index contributed by atoms with van der Waals surface area (Å²) in [6.45, 7) is 0.796. The Hall–Kier alpha value is -4.50. The lowest BCUT2D eigenvalue weighted by Gasteiger charge is -2.24. The average molecular weight is 504 g/mol. The molecule has 1 heterocycles. The van der Waals surface area contributed by atoms with Crippen LogP contribution in [0.3, 0.4) is 0 Å². The second-order valence-corrected chi connectivity index (χ2v) is 8.09. The minimum atomic E-state index is -1.40. The number of hydrogen-bond acceptors (Lipinski definition) is 9. The van der Waals surface area contributed by atoms with E-state index in [2.05, 4.69) is 0 Å². The second kappa shape index (κ2) is 12.0. The van der Waals surface area contributed by atoms with Crippen LogP contribution in [0.25, 0.3) is 0 Å². The summed E-state index contributed by atoms with van der Waals surface area (Å²) in [5.74, 6) is -2.81. The first kappa shape index (κ1) is 25.6. The van der Waals surface area contributed by atoms with Crippen molar-refractivity contribution in [3.05, 3.63) is 108 Å². The van der Waals surface area contributed by atoms with Crippen LogP contribution in [-0.4, -0.2) is 55.1 Å². The van der Waals surface area contributed by atoms with Crippen LogP contribution in [0.15, 0.2) is 91.0 Å². The third kappa shape index (κ3) is 6.59. The minimum absolute atomic E-state index is 0.233. The third-order valence-electron chi connectivity index (χ3n) is 5.44.